The Balaban J connectivity index is 1.44. The third kappa shape index (κ3) is 4.14. The smallest absolute Gasteiger partial charge is 0.191 e. The fraction of sp³-hybridized carbons (Fsp3) is 0.176. The van der Waals surface area contributed by atoms with Crippen molar-refractivity contribution < 1.29 is 0 Å². The number of aromatic nitrogens is 5. The van der Waals surface area contributed by atoms with Crippen LogP contribution < -0.4 is 5.32 Å². The van der Waals surface area contributed by atoms with E-state index in [2.05, 4.69) is 42.4 Å². The lowest BCUT2D eigenvalue weighted by molar-refractivity contribution is 0.970. The molecule has 4 rings (SSSR count). The monoisotopic (exact) mass is 402 g/mol. The van der Waals surface area contributed by atoms with E-state index < -0.39 is 0 Å². The molecule has 0 aliphatic carbocycles. The molecule has 132 valence electrons. The fourth-order valence-corrected chi connectivity index (χ4v) is 4.30. The summed E-state index contributed by atoms with van der Waals surface area (Å²) in [6.07, 6.45) is 4.38. The van der Waals surface area contributed by atoms with Crippen LogP contribution in [0.4, 0.5) is 5.13 Å². The van der Waals surface area contributed by atoms with E-state index in [9.17, 15) is 0 Å². The summed E-state index contributed by atoms with van der Waals surface area (Å²) in [4.78, 5) is 20.6. The Hall–Kier alpha value is -2.16. The van der Waals surface area contributed by atoms with Gasteiger partial charge in [0.1, 0.15) is 4.70 Å². The summed E-state index contributed by atoms with van der Waals surface area (Å²) in [6.45, 7) is 0.741. The second-order valence-electron chi connectivity index (χ2n) is 5.48. The molecule has 0 spiro atoms. The first kappa shape index (κ1) is 17.3. The van der Waals surface area contributed by atoms with Crippen LogP contribution in [0.15, 0.2) is 48.0 Å². The van der Waals surface area contributed by atoms with Crippen LogP contribution in [-0.4, -0.2) is 31.5 Å². The Bertz CT molecular complexity index is 987. The molecule has 0 amide bonds. The summed E-state index contributed by atoms with van der Waals surface area (Å²) in [6, 6.07) is 10.2. The van der Waals surface area contributed by atoms with Gasteiger partial charge in [0.25, 0.3) is 0 Å². The van der Waals surface area contributed by atoms with Crippen molar-refractivity contribution in [2.75, 3.05) is 11.9 Å². The average Bonchev–Trinajstić information content (AvgIpc) is 3.31. The highest BCUT2D eigenvalue weighted by Crippen LogP contribution is 2.32. The van der Waals surface area contributed by atoms with Crippen LogP contribution in [0.5, 0.6) is 0 Å². The number of thiazole rings is 1. The zero-order valence-corrected chi connectivity index (χ0v) is 16.0. The lowest BCUT2D eigenvalue weighted by atomic mass is 10.2. The normalized spacial score (nSPS) is 11.1. The summed E-state index contributed by atoms with van der Waals surface area (Å²) < 4.78 is 0.804. The maximum atomic E-state index is 6.34. The van der Waals surface area contributed by atoms with Crippen molar-refractivity contribution in [1.82, 2.24) is 24.9 Å². The Kier molecular flexibility index (Phi) is 5.33. The first-order valence-corrected chi connectivity index (χ1v) is 10.2. The molecule has 0 saturated carbocycles. The molecular weight excluding hydrogens is 388 g/mol. The van der Waals surface area contributed by atoms with Gasteiger partial charge >= 0.3 is 0 Å². The van der Waals surface area contributed by atoms with E-state index in [1.807, 2.05) is 24.4 Å². The molecule has 0 radical (unpaired) electrons. The number of thioether (sulfide) groups is 1. The van der Waals surface area contributed by atoms with Crippen LogP contribution in [0.3, 0.4) is 0 Å². The Morgan fingerprint density at radius 1 is 1.15 bits per heavy atom. The molecule has 1 aromatic carbocycles. The molecule has 0 aliphatic rings. The van der Waals surface area contributed by atoms with Gasteiger partial charge in [-0.1, -0.05) is 65.0 Å². The van der Waals surface area contributed by atoms with Gasteiger partial charge in [-0.25, -0.2) is 15.0 Å². The molecule has 4 aromatic rings. The van der Waals surface area contributed by atoms with E-state index in [0.29, 0.717) is 16.0 Å². The van der Waals surface area contributed by atoms with E-state index in [-0.39, 0.29) is 0 Å². The number of anilines is 1. The summed E-state index contributed by atoms with van der Waals surface area (Å²) in [5.41, 5.74) is 2.86. The molecule has 2 N–H and O–H groups in total. The summed E-state index contributed by atoms with van der Waals surface area (Å²) in [7, 11) is 0. The van der Waals surface area contributed by atoms with Crippen molar-refractivity contribution in [2.45, 2.75) is 17.3 Å². The van der Waals surface area contributed by atoms with Gasteiger partial charge in [-0.2, -0.15) is 4.98 Å². The number of hydrogen-bond donors (Lipinski definition) is 2. The second-order valence-corrected chi connectivity index (χ2v) is 7.78. The Labute approximate surface area is 163 Å². The number of aromatic amines is 1. The van der Waals surface area contributed by atoms with Crippen LogP contribution in [0.1, 0.15) is 11.3 Å². The average molecular weight is 403 g/mol. The topological polar surface area (TPSA) is 79.4 Å². The Morgan fingerprint density at radius 3 is 2.85 bits per heavy atom. The van der Waals surface area contributed by atoms with Crippen molar-refractivity contribution in [2.24, 2.45) is 0 Å². The molecule has 3 aromatic heterocycles. The molecule has 26 heavy (non-hydrogen) atoms. The number of nitrogens with one attached hydrogen (secondary N) is 2. The molecule has 6 nitrogen and oxygen atoms in total. The van der Waals surface area contributed by atoms with E-state index in [1.54, 1.807) is 18.1 Å². The lowest BCUT2D eigenvalue weighted by Crippen LogP contribution is -2.04. The van der Waals surface area contributed by atoms with Gasteiger partial charge in [0.05, 0.1) is 12.0 Å². The fourth-order valence-electron chi connectivity index (χ4n) is 2.36. The Morgan fingerprint density at radius 2 is 2.04 bits per heavy atom. The zero-order chi connectivity index (χ0) is 17.8. The first-order valence-electron chi connectivity index (χ1n) is 8.00. The number of imidazole rings is 1. The lowest BCUT2D eigenvalue weighted by Gasteiger charge is -2.01. The molecule has 0 aliphatic heterocycles. The molecule has 3 heterocycles. The van der Waals surface area contributed by atoms with Crippen LogP contribution in [0.2, 0.25) is 5.15 Å². The largest absolute Gasteiger partial charge is 0.361 e. The highest BCUT2D eigenvalue weighted by atomic mass is 35.5. The van der Waals surface area contributed by atoms with Crippen LogP contribution in [0, 0.1) is 0 Å². The number of nitrogens with zero attached hydrogens (tertiary/aromatic N) is 4. The number of halogens is 1. The molecule has 0 fully saturated rings. The first-order chi connectivity index (χ1) is 12.8. The van der Waals surface area contributed by atoms with Crippen molar-refractivity contribution in [3.8, 4) is 0 Å². The number of rotatable bonds is 7. The second kappa shape index (κ2) is 8.03. The third-order valence-corrected chi connectivity index (χ3v) is 5.93. The van der Waals surface area contributed by atoms with Crippen molar-refractivity contribution in [1.29, 1.82) is 0 Å². The highest BCUT2D eigenvalue weighted by Gasteiger charge is 2.12. The van der Waals surface area contributed by atoms with Gasteiger partial charge in [-0.05, 0) is 5.56 Å². The zero-order valence-electron chi connectivity index (χ0n) is 13.6. The number of H-pyrrole nitrogens is 1. The molecule has 0 saturated heterocycles. The molecule has 9 heteroatoms. The van der Waals surface area contributed by atoms with Crippen molar-refractivity contribution >= 4 is 50.2 Å². The minimum Gasteiger partial charge on any atom is -0.361 e. The van der Waals surface area contributed by atoms with Crippen molar-refractivity contribution in [3.63, 3.8) is 0 Å². The molecule has 0 unspecified atom stereocenters. The molecule has 0 atom stereocenters. The predicted molar refractivity (Wildman–Crippen MR) is 107 cm³/mol. The third-order valence-electron chi connectivity index (χ3n) is 3.61. The number of fused-ring (bicyclic) bond motifs is 1. The van der Waals surface area contributed by atoms with Crippen LogP contribution in [0.25, 0.3) is 10.3 Å². The summed E-state index contributed by atoms with van der Waals surface area (Å²) >= 11 is 9.36. The summed E-state index contributed by atoms with van der Waals surface area (Å²) in [5.74, 6) is 0.793. The van der Waals surface area contributed by atoms with Gasteiger partial charge in [0, 0.05) is 24.9 Å². The van der Waals surface area contributed by atoms with Gasteiger partial charge in [0.15, 0.2) is 21.1 Å². The quantitative estimate of drug-likeness (QED) is 0.271. The van der Waals surface area contributed by atoms with Crippen LogP contribution >= 0.6 is 34.7 Å². The SMILES string of the molecule is Clc1nc(SCc2ccccc2)nc2nc(NCCc3c[nH]cn3)sc12. The number of benzene rings is 1. The minimum atomic E-state index is 0.448. The predicted octanol–water partition coefficient (Wildman–Crippen LogP) is 4.41. The number of hydrogen-bond acceptors (Lipinski definition) is 7. The summed E-state index contributed by atoms with van der Waals surface area (Å²) in [5, 5.41) is 5.17. The highest BCUT2D eigenvalue weighted by molar-refractivity contribution is 7.98. The van der Waals surface area contributed by atoms with Gasteiger partial charge < -0.3 is 10.3 Å². The van der Waals surface area contributed by atoms with Gasteiger partial charge in [0.2, 0.25) is 0 Å². The van der Waals surface area contributed by atoms with Crippen LogP contribution in [-0.2, 0) is 12.2 Å². The van der Waals surface area contributed by atoms with E-state index in [4.69, 9.17) is 11.6 Å². The van der Waals surface area contributed by atoms with E-state index >= 15 is 0 Å². The molecule has 0 bridgehead atoms. The maximum Gasteiger partial charge on any atom is 0.191 e. The van der Waals surface area contributed by atoms with Gasteiger partial charge in [-0.3, -0.25) is 0 Å². The van der Waals surface area contributed by atoms with E-state index in [1.165, 1.54) is 16.9 Å². The molecular formula is C17H15ClN6S2. The minimum absolute atomic E-state index is 0.448. The van der Waals surface area contributed by atoms with E-state index in [0.717, 1.165) is 34.2 Å². The standard InChI is InChI=1S/C17H15ClN6S2/c18-14-13-15(23-16(26-13)20-7-6-12-8-19-10-21-12)24-17(22-14)25-9-11-4-2-1-3-5-11/h1-5,8,10H,6-7,9H2,(H,19,21)(H,20,22,23,24). The maximum absolute atomic E-state index is 6.34. The van der Waals surface area contributed by atoms with Gasteiger partial charge in [-0.15, -0.1) is 0 Å². The van der Waals surface area contributed by atoms with Crippen molar-refractivity contribution in [3.05, 3.63) is 59.3 Å².